The Morgan fingerprint density at radius 1 is 1.14 bits per heavy atom. The van der Waals surface area contributed by atoms with Gasteiger partial charge in [-0.2, -0.15) is 10.4 Å². The third-order valence-electron chi connectivity index (χ3n) is 5.01. The maximum Gasteiger partial charge on any atom is 0.161 e. The first-order valence-electron chi connectivity index (χ1n) is 9.35. The van der Waals surface area contributed by atoms with E-state index in [4.69, 9.17) is 20.3 Å². The molecule has 1 aliphatic rings. The molecule has 148 valence electrons. The van der Waals surface area contributed by atoms with Crippen LogP contribution in [-0.4, -0.2) is 35.5 Å². The fraction of sp³-hybridized carbons (Fsp3) is 0.286. The van der Waals surface area contributed by atoms with Crippen molar-refractivity contribution in [2.75, 3.05) is 26.5 Å². The standard InChI is InChI=1S/C21H22N6O2/c1-28-19-5-4-13(8-20(19)29-2)17-10-15(16(11-22)21(23)25-17)18-9-14-12-24-6-3-7-27(14)26-18/h4-5,8-10,24H,3,6-7,12H2,1-2H3,(H2,23,25). The highest BCUT2D eigenvalue weighted by Crippen LogP contribution is 2.35. The lowest BCUT2D eigenvalue weighted by molar-refractivity contribution is 0.355. The topological polar surface area (TPSA) is 111 Å². The van der Waals surface area contributed by atoms with E-state index >= 15 is 0 Å². The van der Waals surface area contributed by atoms with Crippen molar-refractivity contribution in [2.45, 2.75) is 19.5 Å². The van der Waals surface area contributed by atoms with Gasteiger partial charge >= 0.3 is 0 Å². The molecule has 29 heavy (non-hydrogen) atoms. The van der Waals surface area contributed by atoms with Gasteiger partial charge in [-0.3, -0.25) is 4.68 Å². The van der Waals surface area contributed by atoms with Gasteiger partial charge in [-0.25, -0.2) is 4.98 Å². The third-order valence-corrected chi connectivity index (χ3v) is 5.01. The van der Waals surface area contributed by atoms with Gasteiger partial charge in [-0.1, -0.05) is 0 Å². The Labute approximate surface area is 168 Å². The lowest BCUT2D eigenvalue weighted by Crippen LogP contribution is -2.11. The predicted molar refractivity (Wildman–Crippen MR) is 109 cm³/mol. The summed E-state index contributed by atoms with van der Waals surface area (Å²) in [6.45, 7) is 2.55. The number of hydrogen-bond acceptors (Lipinski definition) is 7. The molecular formula is C21H22N6O2. The normalized spacial score (nSPS) is 13.3. The van der Waals surface area contributed by atoms with Crippen LogP contribution in [0.2, 0.25) is 0 Å². The van der Waals surface area contributed by atoms with Crippen LogP contribution in [0.1, 0.15) is 17.7 Å². The smallest absolute Gasteiger partial charge is 0.161 e. The van der Waals surface area contributed by atoms with Gasteiger partial charge in [0.25, 0.3) is 0 Å². The average molecular weight is 390 g/mol. The van der Waals surface area contributed by atoms with Gasteiger partial charge in [0.1, 0.15) is 17.5 Å². The van der Waals surface area contributed by atoms with E-state index in [2.05, 4.69) is 16.4 Å². The molecule has 0 fully saturated rings. The molecule has 0 atom stereocenters. The van der Waals surface area contributed by atoms with Crippen molar-refractivity contribution in [2.24, 2.45) is 0 Å². The number of rotatable bonds is 4. The summed E-state index contributed by atoms with van der Waals surface area (Å²) < 4.78 is 12.7. The van der Waals surface area contributed by atoms with Gasteiger partial charge in [-0.15, -0.1) is 0 Å². The summed E-state index contributed by atoms with van der Waals surface area (Å²) in [7, 11) is 3.17. The Morgan fingerprint density at radius 3 is 2.72 bits per heavy atom. The molecule has 3 N–H and O–H groups in total. The van der Waals surface area contributed by atoms with Gasteiger partial charge in [0, 0.05) is 24.2 Å². The van der Waals surface area contributed by atoms with Crippen LogP contribution in [0.15, 0.2) is 30.3 Å². The van der Waals surface area contributed by atoms with Crippen molar-refractivity contribution in [3.63, 3.8) is 0 Å². The summed E-state index contributed by atoms with van der Waals surface area (Å²) in [5.74, 6) is 1.40. The largest absolute Gasteiger partial charge is 0.493 e. The number of aromatic nitrogens is 3. The van der Waals surface area contributed by atoms with Crippen molar-refractivity contribution in [1.82, 2.24) is 20.1 Å². The minimum absolute atomic E-state index is 0.177. The van der Waals surface area contributed by atoms with E-state index < -0.39 is 0 Å². The minimum atomic E-state index is 0.177. The molecule has 4 rings (SSSR count). The number of benzene rings is 1. The number of hydrogen-bond donors (Lipinski definition) is 2. The number of fused-ring (bicyclic) bond motifs is 1. The van der Waals surface area contributed by atoms with Crippen molar-refractivity contribution in [3.8, 4) is 40.1 Å². The Bertz CT molecular complexity index is 1080. The Hall–Kier alpha value is -3.57. The molecule has 0 unspecified atom stereocenters. The number of nitriles is 1. The van der Waals surface area contributed by atoms with E-state index in [0.717, 1.165) is 43.0 Å². The molecule has 8 heteroatoms. The minimum Gasteiger partial charge on any atom is -0.493 e. The van der Waals surface area contributed by atoms with Crippen molar-refractivity contribution in [3.05, 3.63) is 41.6 Å². The van der Waals surface area contributed by atoms with Gasteiger partial charge in [0.05, 0.1) is 31.3 Å². The highest BCUT2D eigenvalue weighted by molar-refractivity contribution is 5.79. The number of nitrogens with two attached hydrogens (primary N) is 1. The van der Waals surface area contributed by atoms with Crippen LogP contribution < -0.4 is 20.5 Å². The molecule has 0 spiro atoms. The number of nitrogens with one attached hydrogen (secondary N) is 1. The monoisotopic (exact) mass is 390 g/mol. The molecule has 3 heterocycles. The van der Waals surface area contributed by atoms with Crippen LogP contribution in [0.25, 0.3) is 22.5 Å². The third kappa shape index (κ3) is 3.48. The Morgan fingerprint density at radius 2 is 1.97 bits per heavy atom. The van der Waals surface area contributed by atoms with Crippen LogP contribution in [-0.2, 0) is 13.1 Å². The molecule has 8 nitrogen and oxygen atoms in total. The Kier molecular flexibility index (Phi) is 5.06. The van der Waals surface area contributed by atoms with Crippen LogP contribution >= 0.6 is 0 Å². The van der Waals surface area contributed by atoms with Crippen molar-refractivity contribution in [1.29, 1.82) is 5.26 Å². The fourth-order valence-corrected chi connectivity index (χ4v) is 3.52. The summed E-state index contributed by atoms with van der Waals surface area (Å²) in [6, 6.07) is 11.6. The van der Waals surface area contributed by atoms with Crippen LogP contribution in [0.4, 0.5) is 5.82 Å². The number of nitrogens with zero attached hydrogens (tertiary/aromatic N) is 4. The maximum atomic E-state index is 9.67. The van der Waals surface area contributed by atoms with E-state index in [0.29, 0.717) is 28.3 Å². The molecule has 0 saturated heterocycles. The number of pyridine rings is 1. The molecule has 0 radical (unpaired) electrons. The zero-order valence-electron chi connectivity index (χ0n) is 16.4. The molecule has 1 aromatic carbocycles. The zero-order valence-corrected chi connectivity index (χ0v) is 16.4. The highest BCUT2D eigenvalue weighted by Gasteiger charge is 2.19. The van der Waals surface area contributed by atoms with E-state index in [9.17, 15) is 5.26 Å². The highest BCUT2D eigenvalue weighted by atomic mass is 16.5. The van der Waals surface area contributed by atoms with E-state index in [1.165, 1.54) is 0 Å². The second-order valence-electron chi connectivity index (χ2n) is 6.77. The Balaban J connectivity index is 1.84. The van der Waals surface area contributed by atoms with E-state index in [1.807, 2.05) is 35.0 Å². The number of ether oxygens (including phenoxy) is 2. The summed E-state index contributed by atoms with van der Waals surface area (Å²) in [5.41, 5.74) is 10.4. The van der Waals surface area contributed by atoms with Crippen LogP contribution in [0.3, 0.4) is 0 Å². The van der Waals surface area contributed by atoms with Crippen LogP contribution in [0, 0.1) is 11.3 Å². The second kappa shape index (κ2) is 7.81. The summed E-state index contributed by atoms with van der Waals surface area (Å²) in [4.78, 5) is 4.44. The first-order chi connectivity index (χ1) is 14.1. The zero-order chi connectivity index (χ0) is 20.4. The summed E-state index contributed by atoms with van der Waals surface area (Å²) in [6.07, 6.45) is 1.01. The fourth-order valence-electron chi connectivity index (χ4n) is 3.52. The van der Waals surface area contributed by atoms with Crippen LogP contribution in [0.5, 0.6) is 11.5 Å². The lowest BCUT2D eigenvalue weighted by atomic mass is 10.0. The number of anilines is 1. The molecule has 1 aliphatic heterocycles. The second-order valence-corrected chi connectivity index (χ2v) is 6.77. The molecule has 3 aromatic rings. The van der Waals surface area contributed by atoms with Gasteiger partial charge in [0.2, 0.25) is 0 Å². The first-order valence-corrected chi connectivity index (χ1v) is 9.35. The molecular weight excluding hydrogens is 368 g/mol. The van der Waals surface area contributed by atoms with E-state index in [1.54, 1.807) is 14.2 Å². The average Bonchev–Trinajstić information content (AvgIpc) is 3.02. The molecule has 0 aliphatic carbocycles. The molecule has 0 bridgehead atoms. The quantitative estimate of drug-likeness (QED) is 0.704. The number of methoxy groups -OCH3 is 2. The number of nitrogen functional groups attached to an aromatic ring is 1. The van der Waals surface area contributed by atoms with Crippen molar-refractivity contribution >= 4 is 5.82 Å². The van der Waals surface area contributed by atoms with Gasteiger partial charge < -0.3 is 20.5 Å². The summed E-state index contributed by atoms with van der Waals surface area (Å²) >= 11 is 0. The molecule has 2 aromatic heterocycles. The SMILES string of the molecule is COc1ccc(-c2cc(-c3cc4n(n3)CCCNC4)c(C#N)c(N)n2)cc1OC. The maximum absolute atomic E-state index is 9.67. The molecule has 0 amide bonds. The lowest BCUT2D eigenvalue weighted by Gasteiger charge is -2.11. The van der Waals surface area contributed by atoms with Gasteiger partial charge in [-0.05, 0) is 43.3 Å². The van der Waals surface area contributed by atoms with Crippen molar-refractivity contribution < 1.29 is 9.47 Å². The summed E-state index contributed by atoms with van der Waals surface area (Å²) in [5, 5.41) is 17.8. The predicted octanol–water partition coefficient (Wildman–Crippen LogP) is 2.58. The first kappa shape index (κ1) is 18.8. The van der Waals surface area contributed by atoms with E-state index in [-0.39, 0.29) is 5.82 Å². The number of aryl methyl sites for hydroxylation is 1. The van der Waals surface area contributed by atoms with Gasteiger partial charge in [0.15, 0.2) is 11.5 Å². The molecule has 0 saturated carbocycles.